The highest BCUT2D eigenvalue weighted by Crippen LogP contribution is 2.14. The SMILES string of the molecule is COCCCNC(=O)C(C)Nc1ccc(Br)cc1. The van der Waals surface area contributed by atoms with Crippen molar-refractivity contribution < 1.29 is 9.53 Å². The normalized spacial score (nSPS) is 11.9. The lowest BCUT2D eigenvalue weighted by Crippen LogP contribution is -2.38. The van der Waals surface area contributed by atoms with Gasteiger partial charge in [-0.25, -0.2) is 0 Å². The number of amides is 1. The zero-order chi connectivity index (χ0) is 13.4. The summed E-state index contributed by atoms with van der Waals surface area (Å²) >= 11 is 3.37. The maximum Gasteiger partial charge on any atom is 0.242 e. The van der Waals surface area contributed by atoms with Crippen molar-refractivity contribution >= 4 is 27.5 Å². The van der Waals surface area contributed by atoms with Crippen molar-refractivity contribution in [3.8, 4) is 0 Å². The van der Waals surface area contributed by atoms with Gasteiger partial charge in [0.15, 0.2) is 0 Å². The van der Waals surface area contributed by atoms with E-state index in [1.54, 1.807) is 7.11 Å². The molecule has 1 aromatic carbocycles. The van der Waals surface area contributed by atoms with Gasteiger partial charge in [0.1, 0.15) is 6.04 Å². The Morgan fingerprint density at radius 2 is 2.06 bits per heavy atom. The van der Waals surface area contributed by atoms with Crippen LogP contribution in [0.4, 0.5) is 5.69 Å². The lowest BCUT2D eigenvalue weighted by Gasteiger charge is -2.15. The highest BCUT2D eigenvalue weighted by molar-refractivity contribution is 9.10. The summed E-state index contributed by atoms with van der Waals surface area (Å²) in [5, 5.41) is 6.00. The Morgan fingerprint density at radius 3 is 2.67 bits per heavy atom. The maximum atomic E-state index is 11.8. The molecule has 0 bridgehead atoms. The number of rotatable bonds is 7. The van der Waals surface area contributed by atoms with Crippen LogP contribution in [0.3, 0.4) is 0 Å². The second-order valence-electron chi connectivity index (χ2n) is 4.01. The summed E-state index contributed by atoms with van der Waals surface area (Å²) in [4.78, 5) is 11.8. The van der Waals surface area contributed by atoms with Crippen LogP contribution in [0.25, 0.3) is 0 Å². The Labute approximate surface area is 116 Å². The standard InChI is InChI=1S/C13H19BrN2O2/c1-10(13(17)15-8-3-9-18-2)16-12-6-4-11(14)5-7-12/h4-7,10,16H,3,8-9H2,1-2H3,(H,15,17). The fourth-order valence-electron chi connectivity index (χ4n) is 1.44. The molecule has 0 aromatic heterocycles. The Balaban J connectivity index is 2.33. The Kier molecular flexibility index (Phi) is 6.75. The first-order valence-corrected chi connectivity index (χ1v) is 6.71. The molecule has 1 unspecified atom stereocenters. The first-order chi connectivity index (χ1) is 8.63. The predicted molar refractivity (Wildman–Crippen MR) is 76.7 cm³/mol. The molecule has 0 spiro atoms. The highest BCUT2D eigenvalue weighted by atomic mass is 79.9. The third-order valence-corrected chi connectivity index (χ3v) is 2.97. The molecule has 4 nitrogen and oxygen atoms in total. The Hall–Kier alpha value is -1.07. The van der Waals surface area contributed by atoms with E-state index in [0.717, 1.165) is 16.6 Å². The minimum atomic E-state index is -0.256. The molecule has 100 valence electrons. The van der Waals surface area contributed by atoms with Crippen LogP contribution in [0.2, 0.25) is 0 Å². The number of carbonyl (C=O) groups excluding carboxylic acids is 1. The molecule has 18 heavy (non-hydrogen) atoms. The van der Waals surface area contributed by atoms with Crippen molar-refractivity contribution in [2.45, 2.75) is 19.4 Å². The van der Waals surface area contributed by atoms with Crippen molar-refractivity contribution in [2.24, 2.45) is 0 Å². The van der Waals surface area contributed by atoms with Crippen molar-refractivity contribution in [1.29, 1.82) is 0 Å². The lowest BCUT2D eigenvalue weighted by molar-refractivity contribution is -0.121. The summed E-state index contributed by atoms with van der Waals surface area (Å²) in [6, 6.07) is 7.48. The maximum absolute atomic E-state index is 11.8. The molecule has 5 heteroatoms. The molecule has 1 atom stereocenters. The summed E-state index contributed by atoms with van der Waals surface area (Å²) in [7, 11) is 1.65. The zero-order valence-corrected chi connectivity index (χ0v) is 12.3. The molecule has 0 saturated carbocycles. The second-order valence-corrected chi connectivity index (χ2v) is 4.93. The van der Waals surface area contributed by atoms with Crippen LogP contribution in [-0.4, -0.2) is 32.2 Å². The summed E-state index contributed by atoms with van der Waals surface area (Å²) in [6.07, 6.45) is 0.827. The van der Waals surface area contributed by atoms with E-state index in [1.165, 1.54) is 0 Å². The van der Waals surface area contributed by atoms with Gasteiger partial charge >= 0.3 is 0 Å². The average molecular weight is 315 g/mol. The van der Waals surface area contributed by atoms with Gasteiger partial charge in [0.05, 0.1) is 0 Å². The number of hydrogen-bond acceptors (Lipinski definition) is 3. The van der Waals surface area contributed by atoms with Crippen molar-refractivity contribution in [2.75, 3.05) is 25.6 Å². The number of methoxy groups -OCH3 is 1. The van der Waals surface area contributed by atoms with Crippen LogP contribution in [0, 0.1) is 0 Å². The van der Waals surface area contributed by atoms with E-state index in [4.69, 9.17) is 4.74 Å². The van der Waals surface area contributed by atoms with Gasteiger partial charge in [-0.15, -0.1) is 0 Å². The van der Waals surface area contributed by atoms with Gasteiger partial charge in [-0.1, -0.05) is 15.9 Å². The van der Waals surface area contributed by atoms with E-state index in [1.807, 2.05) is 31.2 Å². The number of anilines is 1. The topological polar surface area (TPSA) is 50.4 Å². The molecular formula is C13H19BrN2O2. The largest absolute Gasteiger partial charge is 0.385 e. The minimum absolute atomic E-state index is 0.00554. The Morgan fingerprint density at radius 1 is 1.39 bits per heavy atom. The first-order valence-electron chi connectivity index (χ1n) is 5.92. The number of nitrogens with one attached hydrogen (secondary N) is 2. The second kappa shape index (κ2) is 8.11. The molecule has 0 saturated heterocycles. The number of benzene rings is 1. The molecular weight excluding hydrogens is 296 g/mol. The van der Waals surface area contributed by atoms with Crippen LogP contribution >= 0.6 is 15.9 Å². The number of carbonyl (C=O) groups is 1. The summed E-state index contributed by atoms with van der Waals surface area (Å²) in [6.45, 7) is 3.14. The Bertz CT molecular complexity index is 368. The van der Waals surface area contributed by atoms with Crippen molar-refractivity contribution in [1.82, 2.24) is 5.32 Å². The van der Waals surface area contributed by atoms with Gasteiger partial charge < -0.3 is 15.4 Å². The van der Waals surface area contributed by atoms with E-state index in [-0.39, 0.29) is 11.9 Å². The van der Waals surface area contributed by atoms with E-state index in [2.05, 4.69) is 26.6 Å². The van der Waals surface area contributed by atoms with E-state index < -0.39 is 0 Å². The van der Waals surface area contributed by atoms with Gasteiger partial charge in [0, 0.05) is 30.4 Å². The van der Waals surface area contributed by atoms with Crippen molar-refractivity contribution in [3.05, 3.63) is 28.7 Å². The first kappa shape index (κ1) is 15.0. The molecule has 1 rings (SSSR count). The molecule has 1 aromatic rings. The molecule has 0 fully saturated rings. The van der Waals surface area contributed by atoms with E-state index in [9.17, 15) is 4.79 Å². The number of hydrogen-bond donors (Lipinski definition) is 2. The van der Waals surface area contributed by atoms with Crippen molar-refractivity contribution in [3.63, 3.8) is 0 Å². The quantitative estimate of drug-likeness (QED) is 0.760. The molecule has 0 aliphatic rings. The molecule has 0 radical (unpaired) electrons. The number of halogens is 1. The summed E-state index contributed by atoms with van der Waals surface area (Å²) in [5.74, 6) is -0.00554. The van der Waals surface area contributed by atoms with Crippen LogP contribution in [0.5, 0.6) is 0 Å². The lowest BCUT2D eigenvalue weighted by atomic mass is 10.2. The third kappa shape index (κ3) is 5.51. The van der Waals surface area contributed by atoms with Crippen LogP contribution < -0.4 is 10.6 Å². The average Bonchev–Trinajstić information content (AvgIpc) is 2.37. The molecule has 0 aliphatic heterocycles. The summed E-state index contributed by atoms with van der Waals surface area (Å²) < 4.78 is 5.94. The minimum Gasteiger partial charge on any atom is -0.385 e. The van der Waals surface area contributed by atoms with Gasteiger partial charge in [-0.2, -0.15) is 0 Å². The molecule has 0 heterocycles. The highest BCUT2D eigenvalue weighted by Gasteiger charge is 2.11. The van der Waals surface area contributed by atoms with Crippen LogP contribution in [-0.2, 0) is 9.53 Å². The van der Waals surface area contributed by atoms with Crippen LogP contribution in [0.15, 0.2) is 28.7 Å². The summed E-state index contributed by atoms with van der Waals surface area (Å²) in [5.41, 5.74) is 0.928. The fraction of sp³-hybridized carbons (Fsp3) is 0.462. The fourth-order valence-corrected chi connectivity index (χ4v) is 1.71. The smallest absolute Gasteiger partial charge is 0.242 e. The van der Waals surface area contributed by atoms with Gasteiger partial charge in [0.2, 0.25) is 5.91 Å². The third-order valence-electron chi connectivity index (χ3n) is 2.45. The molecule has 2 N–H and O–H groups in total. The van der Waals surface area contributed by atoms with E-state index >= 15 is 0 Å². The van der Waals surface area contributed by atoms with Gasteiger partial charge in [-0.05, 0) is 37.6 Å². The monoisotopic (exact) mass is 314 g/mol. The van der Waals surface area contributed by atoms with Gasteiger partial charge in [-0.3, -0.25) is 4.79 Å². The zero-order valence-electron chi connectivity index (χ0n) is 10.7. The van der Waals surface area contributed by atoms with E-state index in [0.29, 0.717) is 13.2 Å². The predicted octanol–water partition coefficient (Wildman–Crippen LogP) is 2.40. The molecule has 0 aliphatic carbocycles. The van der Waals surface area contributed by atoms with Crippen LogP contribution in [0.1, 0.15) is 13.3 Å². The van der Waals surface area contributed by atoms with Gasteiger partial charge in [0.25, 0.3) is 0 Å². The number of ether oxygens (including phenoxy) is 1. The molecule has 1 amide bonds.